The van der Waals surface area contributed by atoms with E-state index in [2.05, 4.69) is 36.3 Å². The van der Waals surface area contributed by atoms with Crippen molar-refractivity contribution in [3.8, 4) is 0 Å². The highest BCUT2D eigenvalue weighted by atomic mass is 32.1. The van der Waals surface area contributed by atoms with Gasteiger partial charge in [0, 0.05) is 25.7 Å². The van der Waals surface area contributed by atoms with Gasteiger partial charge in [-0.3, -0.25) is 4.31 Å². The fourth-order valence-corrected chi connectivity index (χ4v) is 1.83. The van der Waals surface area contributed by atoms with Gasteiger partial charge in [0.25, 0.3) is 0 Å². The fraction of sp³-hybridized carbons (Fsp3) is 1.00. The summed E-state index contributed by atoms with van der Waals surface area (Å²) in [6.07, 6.45) is 2.61. The third-order valence-electron chi connectivity index (χ3n) is 2.33. The molecule has 1 rings (SSSR count). The highest BCUT2D eigenvalue weighted by Gasteiger charge is 2.16. The Morgan fingerprint density at radius 1 is 1.58 bits per heavy atom. The average molecular weight is 188 g/mol. The van der Waals surface area contributed by atoms with Gasteiger partial charge in [-0.15, -0.1) is 0 Å². The van der Waals surface area contributed by atoms with E-state index in [-0.39, 0.29) is 0 Å². The summed E-state index contributed by atoms with van der Waals surface area (Å²) in [6.45, 7) is 7.81. The lowest BCUT2D eigenvalue weighted by Gasteiger charge is -2.30. The largest absolute Gasteiger partial charge is 0.311 e. The van der Waals surface area contributed by atoms with Crippen LogP contribution in [0, 0.1) is 5.92 Å². The van der Waals surface area contributed by atoms with Gasteiger partial charge in [-0.2, -0.15) is 0 Å². The second kappa shape index (κ2) is 5.10. The molecule has 0 spiro atoms. The van der Waals surface area contributed by atoms with Crippen molar-refractivity contribution in [2.75, 3.05) is 19.6 Å². The van der Waals surface area contributed by atoms with Crippen LogP contribution in [0.15, 0.2) is 0 Å². The van der Waals surface area contributed by atoms with E-state index in [0.717, 1.165) is 25.6 Å². The van der Waals surface area contributed by atoms with Crippen molar-refractivity contribution in [3.63, 3.8) is 0 Å². The number of thiol groups is 1. The fourth-order valence-electron chi connectivity index (χ4n) is 1.54. The Balaban J connectivity index is 2.14. The number of piperazine rings is 1. The third-order valence-corrected chi connectivity index (χ3v) is 2.69. The van der Waals surface area contributed by atoms with Gasteiger partial charge in [0.05, 0.1) is 0 Å². The number of hydrogen-bond donors (Lipinski definition) is 2. The first kappa shape index (κ1) is 10.4. The molecule has 0 saturated carbocycles. The zero-order valence-corrected chi connectivity index (χ0v) is 8.98. The highest BCUT2D eigenvalue weighted by Crippen LogP contribution is 2.10. The molecule has 0 bridgehead atoms. The van der Waals surface area contributed by atoms with Crippen LogP contribution in [0.1, 0.15) is 26.7 Å². The van der Waals surface area contributed by atoms with Crippen LogP contribution in [0.5, 0.6) is 0 Å². The molecule has 1 unspecified atom stereocenters. The molecule has 0 radical (unpaired) electrons. The van der Waals surface area contributed by atoms with Crippen LogP contribution < -0.4 is 5.32 Å². The molecule has 0 aromatic carbocycles. The molecule has 0 aliphatic carbocycles. The molecule has 12 heavy (non-hydrogen) atoms. The third kappa shape index (κ3) is 3.78. The summed E-state index contributed by atoms with van der Waals surface area (Å²) in [5, 5.41) is 3.51. The van der Waals surface area contributed by atoms with Crippen LogP contribution in [0.3, 0.4) is 0 Å². The molecule has 1 heterocycles. The lowest BCUT2D eigenvalue weighted by Crippen LogP contribution is -2.47. The van der Waals surface area contributed by atoms with Crippen LogP contribution >= 0.6 is 12.8 Å². The summed E-state index contributed by atoms with van der Waals surface area (Å²) in [5.74, 6) is 0.821. The van der Waals surface area contributed by atoms with Gasteiger partial charge in [-0.05, 0) is 18.8 Å². The van der Waals surface area contributed by atoms with E-state index in [1.807, 2.05) is 0 Å². The minimum absolute atomic E-state index is 0.665. The summed E-state index contributed by atoms with van der Waals surface area (Å²) in [4.78, 5) is 0. The second-order valence-electron chi connectivity index (χ2n) is 4.03. The van der Waals surface area contributed by atoms with Gasteiger partial charge in [0.2, 0.25) is 0 Å². The molecule has 0 aromatic rings. The molecular formula is C9H20N2S. The average Bonchev–Trinajstić information content (AvgIpc) is 2.01. The lowest BCUT2D eigenvalue weighted by atomic mass is 10.0. The zero-order chi connectivity index (χ0) is 8.97. The van der Waals surface area contributed by atoms with Crippen LogP contribution in [0.2, 0.25) is 0 Å². The van der Waals surface area contributed by atoms with Gasteiger partial charge >= 0.3 is 0 Å². The Hall–Kier alpha value is 0.270. The maximum atomic E-state index is 4.36. The van der Waals surface area contributed by atoms with E-state index in [1.165, 1.54) is 12.8 Å². The van der Waals surface area contributed by atoms with E-state index >= 15 is 0 Å². The number of rotatable bonds is 3. The van der Waals surface area contributed by atoms with E-state index in [4.69, 9.17) is 0 Å². The first-order valence-electron chi connectivity index (χ1n) is 4.85. The first-order chi connectivity index (χ1) is 5.68. The molecule has 2 nitrogen and oxygen atoms in total. The van der Waals surface area contributed by atoms with E-state index in [9.17, 15) is 0 Å². The lowest BCUT2D eigenvalue weighted by molar-refractivity contribution is 0.299. The summed E-state index contributed by atoms with van der Waals surface area (Å²) in [6, 6.07) is 0.665. The number of nitrogens with one attached hydrogen (secondary N) is 1. The molecule has 1 atom stereocenters. The molecule has 1 saturated heterocycles. The molecular weight excluding hydrogens is 168 g/mol. The zero-order valence-electron chi connectivity index (χ0n) is 8.08. The van der Waals surface area contributed by atoms with Gasteiger partial charge in [-0.1, -0.05) is 26.7 Å². The molecule has 1 fully saturated rings. The van der Waals surface area contributed by atoms with Gasteiger partial charge in [0.1, 0.15) is 0 Å². The van der Waals surface area contributed by atoms with Crippen molar-refractivity contribution in [3.05, 3.63) is 0 Å². The highest BCUT2D eigenvalue weighted by molar-refractivity contribution is 7.77. The SMILES string of the molecule is CC(C)CCC1CN(S)CCN1. The van der Waals surface area contributed by atoms with Crippen molar-refractivity contribution in [2.24, 2.45) is 5.92 Å². The normalized spacial score (nSPS) is 26.5. The molecule has 0 aromatic heterocycles. The maximum Gasteiger partial charge on any atom is 0.0242 e. The topological polar surface area (TPSA) is 15.3 Å². The van der Waals surface area contributed by atoms with Crippen molar-refractivity contribution in [1.82, 2.24) is 9.62 Å². The van der Waals surface area contributed by atoms with Crippen LogP contribution in [-0.2, 0) is 0 Å². The Bertz CT molecular complexity index is 128. The van der Waals surface area contributed by atoms with Crippen molar-refractivity contribution < 1.29 is 0 Å². The van der Waals surface area contributed by atoms with Crippen LogP contribution in [0.25, 0.3) is 0 Å². The molecule has 0 amide bonds. The smallest absolute Gasteiger partial charge is 0.0242 e. The summed E-state index contributed by atoms with van der Waals surface area (Å²) >= 11 is 4.36. The molecule has 72 valence electrons. The molecule has 1 aliphatic heterocycles. The van der Waals surface area contributed by atoms with Crippen LogP contribution in [0.4, 0.5) is 0 Å². The van der Waals surface area contributed by atoms with E-state index in [0.29, 0.717) is 6.04 Å². The van der Waals surface area contributed by atoms with Crippen molar-refractivity contribution in [2.45, 2.75) is 32.7 Å². The maximum absolute atomic E-state index is 4.36. The minimum Gasteiger partial charge on any atom is -0.311 e. The summed E-state index contributed by atoms with van der Waals surface area (Å²) in [7, 11) is 0. The van der Waals surface area contributed by atoms with Crippen molar-refractivity contribution >= 4 is 12.8 Å². The molecule has 3 heteroatoms. The molecule has 1 N–H and O–H groups in total. The van der Waals surface area contributed by atoms with Gasteiger partial charge < -0.3 is 5.32 Å². The van der Waals surface area contributed by atoms with Gasteiger partial charge in [0.15, 0.2) is 0 Å². The first-order valence-corrected chi connectivity index (χ1v) is 5.25. The summed E-state index contributed by atoms with van der Waals surface area (Å²) < 4.78 is 2.11. The monoisotopic (exact) mass is 188 g/mol. The standard InChI is InChI=1S/C9H20N2S/c1-8(2)3-4-9-7-11(12)6-5-10-9/h8-10,12H,3-7H2,1-2H3. The predicted octanol–water partition coefficient (Wildman–Crippen LogP) is 1.54. The Labute approximate surface area is 81.3 Å². The summed E-state index contributed by atoms with van der Waals surface area (Å²) in [5.41, 5.74) is 0. The van der Waals surface area contributed by atoms with E-state index in [1.54, 1.807) is 0 Å². The number of nitrogens with zero attached hydrogens (tertiary/aromatic N) is 1. The van der Waals surface area contributed by atoms with E-state index < -0.39 is 0 Å². The number of hydrogen-bond acceptors (Lipinski definition) is 3. The Kier molecular flexibility index (Phi) is 4.40. The second-order valence-corrected chi connectivity index (χ2v) is 4.60. The van der Waals surface area contributed by atoms with Gasteiger partial charge in [-0.25, -0.2) is 0 Å². The minimum atomic E-state index is 0.665. The Morgan fingerprint density at radius 2 is 2.33 bits per heavy atom. The van der Waals surface area contributed by atoms with Crippen molar-refractivity contribution in [1.29, 1.82) is 0 Å². The Morgan fingerprint density at radius 3 is 2.92 bits per heavy atom. The van der Waals surface area contributed by atoms with Crippen LogP contribution in [-0.4, -0.2) is 30.0 Å². The quantitative estimate of drug-likeness (QED) is 0.653. The predicted molar refractivity (Wildman–Crippen MR) is 56.4 cm³/mol. The molecule has 1 aliphatic rings.